The van der Waals surface area contributed by atoms with Crippen LogP contribution in [-0.2, 0) is 19.2 Å². The zero-order valence-electron chi connectivity index (χ0n) is 17.1. The third-order valence-corrected chi connectivity index (χ3v) is 5.11. The largest absolute Gasteiger partial charge is 0.480 e. The van der Waals surface area contributed by atoms with E-state index in [2.05, 4.69) is 55.8 Å². The van der Waals surface area contributed by atoms with E-state index in [9.17, 15) is 19.2 Å². The second kappa shape index (κ2) is 19.2. The van der Waals surface area contributed by atoms with Gasteiger partial charge in [-0.05, 0) is 12.8 Å². The Morgan fingerprint density at radius 2 is 1.45 bits per heavy atom. The van der Waals surface area contributed by atoms with Crippen LogP contribution in [0.1, 0.15) is 26.7 Å². The Hall–Kier alpha value is -0.760. The summed E-state index contributed by atoms with van der Waals surface area (Å²) in [5, 5.41) is 9.86. The number of thiol groups is 4. The molecule has 9 nitrogen and oxygen atoms in total. The smallest absolute Gasteiger partial charge is 0.316 e. The van der Waals surface area contributed by atoms with Crippen LogP contribution >= 0.6 is 50.5 Å². The number of nitrogens with zero attached hydrogens (tertiary/aromatic N) is 1. The minimum Gasteiger partial charge on any atom is -0.480 e. The molecule has 0 aliphatic rings. The van der Waals surface area contributed by atoms with E-state index in [0.717, 1.165) is 0 Å². The summed E-state index contributed by atoms with van der Waals surface area (Å²) in [6.45, 7) is 3.65. The molecule has 6 N–H and O–H groups in total. The summed E-state index contributed by atoms with van der Waals surface area (Å²) in [5.74, 6) is -1.13. The highest BCUT2D eigenvalue weighted by Gasteiger charge is 2.22. The Bertz CT molecular complexity index is 492. The Kier molecular flexibility index (Phi) is 21.8. The van der Waals surface area contributed by atoms with Crippen molar-refractivity contribution in [2.45, 2.75) is 49.3 Å². The van der Waals surface area contributed by atoms with Crippen molar-refractivity contribution in [1.82, 2.24) is 10.2 Å². The maximum Gasteiger partial charge on any atom is 0.316 e. The summed E-state index contributed by atoms with van der Waals surface area (Å²) in [7, 11) is 3.28. The Morgan fingerprint density at radius 3 is 1.62 bits per heavy atom. The number of hydrogen-bond acceptors (Lipinski definition) is 9. The van der Waals surface area contributed by atoms with Crippen molar-refractivity contribution < 1.29 is 24.3 Å². The van der Waals surface area contributed by atoms with Crippen LogP contribution in [0, 0.1) is 0 Å². The van der Waals surface area contributed by atoms with Gasteiger partial charge >= 0.3 is 5.97 Å². The van der Waals surface area contributed by atoms with Crippen LogP contribution in [0.4, 0.5) is 0 Å². The molecule has 0 spiro atoms. The van der Waals surface area contributed by atoms with Gasteiger partial charge in [-0.25, -0.2) is 0 Å². The molecule has 29 heavy (non-hydrogen) atoms. The molecule has 0 heterocycles. The number of aliphatic carboxylic acids is 1. The molecule has 0 aromatic rings. The van der Waals surface area contributed by atoms with Crippen molar-refractivity contribution >= 4 is 74.2 Å². The van der Waals surface area contributed by atoms with E-state index in [0.29, 0.717) is 18.6 Å². The number of carbonyl (C=O) groups is 4. The fraction of sp³-hybridized carbons (Fsp3) is 0.750. The minimum absolute atomic E-state index is 0.157. The monoisotopic (exact) mass is 490 g/mol. The van der Waals surface area contributed by atoms with Gasteiger partial charge in [-0.2, -0.15) is 50.5 Å². The lowest BCUT2D eigenvalue weighted by molar-refractivity contribution is -0.136. The second-order valence-corrected chi connectivity index (χ2v) is 7.83. The van der Waals surface area contributed by atoms with Crippen LogP contribution in [0.25, 0.3) is 0 Å². The van der Waals surface area contributed by atoms with Crippen molar-refractivity contribution in [2.24, 2.45) is 11.5 Å². The van der Waals surface area contributed by atoms with Gasteiger partial charge in [0, 0.05) is 25.6 Å². The highest BCUT2D eigenvalue weighted by Crippen LogP contribution is 2.02. The zero-order chi connectivity index (χ0) is 23.7. The van der Waals surface area contributed by atoms with E-state index in [1.165, 1.54) is 4.90 Å². The van der Waals surface area contributed by atoms with Gasteiger partial charge < -0.3 is 26.8 Å². The SMILES string of the molecule is CCC(S)C(=O)NC(CS)C(=O)N(C)C.CCC(S)C(=O)O.NC(=O)C(N)CS. The van der Waals surface area contributed by atoms with E-state index in [1.807, 2.05) is 6.92 Å². The fourth-order valence-electron chi connectivity index (χ4n) is 1.22. The summed E-state index contributed by atoms with van der Waals surface area (Å²) in [4.78, 5) is 44.3. The van der Waals surface area contributed by atoms with E-state index >= 15 is 0 Å². The number of carbonyl (C=O) groups excluding carboxylic acids is 3. The molecule has 0 radical (unpaired) electrons. The molecule has 0 rings (SSSR count). The molecule has 172 valence electrons. The van der Waals surface area contributed by atoms with Crippen molar-refractivity contribution in [3.63, 3.8) is 0 Å². The van der Waals surface area contributed by atoms with E-state index in [4.69, 9.17) is 16.6 Å². The van der Waals surface area contributed by atoms with Gasteiger partial charge in [-0.15, -0.1) is 0 Å². The predicted octanol–water partition coefficient (Wildman–Crippen LogP) is -0.294. The maximum absolute atomic E-state index is 11.6. The zero-order valence-corrected chi connectivity index (χ0v) is 20.7. The van der Waals surface area contributed by atoms with Gasteiger partial charge in [0.15, 0.2) is 0 Å². The number of nitrogens with two attached hydrogens (primary N) is 2. The molecule has 4 atom stereocenters. The molecule has 0 saturated heterocycles. The van der Waals surface area contributed by atoms with E-state index in [-0.39, 0.29) is 22.8 Å². The summed E-state index contributed by atoms with van der Waals surface area (Å²) in [6, 6.07) is -1.17. The molecule has 0 aromatic carbocycles. The van der Waals surface area contributed by atoms with Crippen LogP contribution in [0.3, 0.4) is 0 Å². The van der Waals surface area contributed by atoms with Crippen LogP contribution in [-0.4, -0.2) is 81.9 Å². The van der Waals surface area contributed by atoms with Gasteiger partial charge in [0.25, 0.3) is 0 Å². The molecule has 3 amide bonds. The van der Waals surface area contributed by atoms with Crippen molar-refractivity contribution in [3.8, 4) is 0 Å². The highest BCUT2D eigenvalue weighted by atomic mass is 32.1. The Labute approximate surface area is 194 Å². The average molecular weight is 491 g/mol. The molecule has 0 saturated carbocycles. The number of nitrogens with one attached hydrogen (secondary N) is 1. The van der Waals surface area contributed by atoms with Gasteiger partial charge in [0.2, 0.25) is 17.7 Å². The van der Waals surface area contributed by atoms with Crippen LogP contribution in [0.2, 0.25) is 0 Å². The lowest BCUT2D eigenvalue weighted by Gasteiger charge is -2.21. The normalized spacial score (nSPS) is 13.8. The van der Waals surface area contributed by atoms with Crippen LogP contribution in [0.15, 0.2) is 0 Å². The minimum atomic E-state index is -0.842. The van der Waals surface area contributed by atoms with Gasteiger partial charge in [-0.3, -0.25) is 19.2 Å². The van der Waals surface area contributed by atoms with Gasteiger partial charge in [0.1, 0.15) is 6.04 Å². The molecule has 4 unspecified atom stereocenters. The molecule has 0 aliphatic heterocycles. The summed E-state index contributed by atoms with van der Waals surface area (Å²) in [5.41, 5.74) is 9.80. The van der Waals surface area contributed by atoms with E-state index in [1.54, 1.807) is 21.0 Å². The quantitative estimate of drug-likeness (QED) is 0.208. The lowest BCUT2D eigenvalue weighted by Crippen LogP contribution is -2.49. The predicted molar refractivity (Wildman–Crippen MR) is 129 cm³/mol. The molecular formula is C16H34N4O5S4. The summed E-state index contributed by atoms with van der Waals surface area (Å²) in [6.07, 6.45) is 1.21. The molecule has 0 aliphatic carbocycles. The Balaban J connectivity index is -0.000000402. The number of carboxylic acid groups (broad SMARTS) is 1. The van der Waals surface area contributed by atoms with Crippen LogP contribution < -0.4 is 16.8 Å². The lowest BCUT2D eigenvalue weighted by atomic mass is 10.2. The number of likely N-dealkylation sites (N-methyl/N-ethyl adjacent to an activating group) is 1. The molecule has 0 fully saturated rings. The van der Waals surface area contributed by atoms with Crippen molar-refractivity contribution in [3.05, 3.63) is 0 Å². The highest BCUT2D eigenvalue weighted by molar-refractivity contribution is 7.82. The number of hydrogen-bond donors (Lipinski definition) is 8. The average Bonchev–Trinajstić information content (AvgIpc) is 2.69. The number of amides is 3. The third-order valence-electron chi connectivity index (χ3n) is 3.16. The van der Waals surface area contributed by atoms with E-state index < -0.39 is 29.2 Å². The second-order valence-electron chi connectivity index (χ2n) is 5.85. The standard InChI is InChI=1S/C9H18N2O2S2.C4H8O2S.C3H8N2OS/c1-4-7(15)8(12)10-6(5-14)9(13)11(2)3;1-2-3(7)4(5)6;4-2(1-7)3(5)6/h6-7,14-15H,4-5H2,1-3H3,(H,10,12);3,7H,2H2,1H3,(H,5,6);2,7H,1,4H2,(H2,5,6). The number of carboxylic acids is 1. The first-order chi connectivity index (χ1) is 13.3. The molecule has 13 heteroatoms. The summed E-state index contributed by atoms with van der Waals surface area (Å²) < 4.78 is 0. The summed E-state index contributed by atoms with van der Waals surface area (Å²) >= 11 is 15.6. The fourth-order valence-corrected chi connectivity index (χ4v) is 1.72. The first kappa shape index (κ1) is 32.9. The topological polar surface area (TPSA) is 156 Å². The number of primary amides is 1. The number of rotatable bonds is 9. The van der Waals surface area contributed by atoms with Crippen LogP contribution in [0.5, 0.6) is 0 Å². The molecular weight excluding hydrogens is 456 g/mol. The first-order valence-electron chi connectivity index (χ1n) is 8.67. The van der Waals surface area contributed by atoms with Crippen molar-refractivity contribution in [2.75, 3.05) is 25.6 Å². The first-order valence-corrected chi connectivity index (χ1v) is 11.0. The maximum atomic E-state index is 11.6. The Morgan fingerprint density at radius 1 is 1.00 bits per heavy atom. The molecule has 0 aromatic heterocycles. The van der Waals surface area contributed by atoms with Gasteiger partial charge in [-0.1, -0.05) is 13.8 Å². The van der Waals surface area contributed by atoms with Gasteiger partial charge in [0.05, 0.1) is 16.5 Å². The van der Waals surface area contributed by atoms with Crippen molar-refractivity contribution in [1.29, 1.82) is 0 Å². The third kappa shape index (κ3) is 17.8. The molecule has 0 bridgehead atoms.